The molecule has 1 aliphatic heterocycles. The lowest BCUT2D eigenvalue weighted by Gasteiger charge is -2.31. The Kier molecular flexibility index (Phi) is 10.2. The first-order chi connectivity index (χ1) is 20.8. The number of aliphatic hydroxyl groups is 1. The number of hydrogen-bond acceptors (Lipinski definition) is 5. The van der Waals surface area contributed by atoms with Gasteiger partial charge in [-0.05, 0) is 104 Å². The van der Waals surface area contributed by atoms with Crippen molar-refractivity contribution in [3.05, 3.63) is 118 Å². The highest BCUT2D eigenvalue weighted by Crippen LogP contribution is 2.27. The number of aryl methyl sites for hydroxylation is 1. The van der Waals surface area contributed by atoms with E-state index in [1.165, 1.54) is 11.6 Å². The Hall–Kier alpha value is -3.65. The maximum absolute atomic E-state index is 14.0. The highest BCUT2D eigenvalue weighted by Gasteiger charge is 2.23. The zero-order chi connectivity index (χ0) is 30.3. The third kappa shape index (κ3) is 7.85. The van der Waals surface area contributed by atoms with E-state index in [1.807, 2.05) is 25.1 Å². The molecule has 5 rings (SSSR count). The molecule has 3 aromatic carbocycles. The molecule has 8 heteroatoms. The number of methoxy groups -OCH3 is 1. The molecule has 1 aromatic heterocycles. The molecule has 0 spiro atoms. The first kappa shape index (κ1) is 30.8. The predicted octanol–water partition coefficient (Wildman–Crippen LogP) is 7.53. The number of aliphatic hydroxyl groups excluding tert-OH is 1. The summed E-state index contributed by atoms with van der Waals surface area (Å²) in [6.07, 6.45) is 8.30. The van der Waals surface area contributed by atoms with Crippen molar-refractivity contribution < 1.29 is 19.3 Å². The highest BCUT2D eigenvalue weighted by molar-refractivity contribution is 6.30. The fourth-order valence-electron chi connectivity index (χ4n) is 5.72. The SMILES string of the molecule is COCCn1c(CN2CCC(/C(O)=C/C=C\Cc3ccc(Cl)cc3F)CC2)nc2cc(Cc3ccc(O)c(C)c3)ccc21. The lowest BCUT2D eigenvalue weighted by molar-refractivity contribution is 0.158. The normalized spacial score (nSPS) is 15.2. The summed E-state index contributed by atoms with van der Waals surface area (Å²) in [6.45, 7) is 5.70. The summed E-state index contributed by atoms with van der Waals surface area (Å²) in [7, 11) is 1.71. The van der Waals surface area contributed by atoms with Gasteiger partial charge >= 0.3 is 0 Å². The average molecular weight is 604 g/mol. The molecule has 4 aromatic rings. The Labute approximate surface area is 257 Å². The van der Waals surface area contributed by atoms with Gasteiger partial charge in [-0.1, -0.05) is 48.0 Å². The van der Waals surface area contributed by atoms with Gasteiger partial charge in [-0.2, -0.15) is 0 Å². The van der Waals surface area contributed by atoms with Crippen LogP contribution < -0.4 is 0 Å². The molecule has 1 aliphatic rings. The number of piperidine rings is 1. The molecule has 6 nitrogen and oxygen atoms in total. The Bertz CT molecular complexity index is 1620. The first-order valence-electron chi connectivity index (χ1n) is 14.8. The van der Waals surface area contributed by atoms with Crippen LogP contribution in [0.2, 0.25) is 5.02 Å². The molecule has 0 amide bonds. The second-order valence-electron chi connectivity index (χ2n) is 11.3. The van der Waals surface area contributed by atoms with E-state index in [-0.39, 0.29) is 11.7 Å². The molecule has 1 saturated heterocycles. The largest absolute Gasteiger partial charge is 0.512 e. The zero-order valence-electron chi connectivity index (χ0n) is 24.8. The standard InChI is InChI=1S/C35H39ClFN3O3/c1-24-19-25(8-12-33(24)41)20-26-7-11-32-31(21-26)38-35(40(32)17-18-43-2)23-39-15-13-28(14-16-39)34(42)6-4-3-5-27-9-10-29(36)22-30(27)37/h3-4,6-12,19,21-22,28,41-42H,5,13-18,20,23H2,1-2H3/b4-3-,34-6-. The topological polar surface area (TPSA) is 70.8 Å². The summed E-state index contributed by atoms with van der Waals surface area (Å²) < 4.78 is 21.6. The van der Waals surface area contributed by atoms with Crippen LogP contribution in [0.25, 0.3) is 11.0 Å². The van der Waals surface area contributed by atoms with Crippen molar-refractivity contribution in [3.63, 3.8) is 0 Å². The molecule has 0 aliphatic carbocycles. The van der Waals surface area contributed by atoms with E-state index in [2.05, 4.69) is 27.7 Å². The van der Waals surface area contributed by atoms with Gasteiger partial charge in [-0.3, -0.25) is 4.90 Å². The van der Waals surface area contributed by atoms with Gasteiger partial charge < -0.3 is 19.5 Å². The fourth-order valence-corrected chi connectivity index (χ4v) is 5.88. The van der Waals surface area contributed by atoms with E-state index in [0.29, 0.717) is 35.1 Å². The number of rotatable bonds is 11. The number of aromatic nitrogens is 2. The highest BCUT2D eigenvalue weighted by atomic mass is 35.5. The number of ether oxygens (including phenoxy) is 1. The number of phenolic OH excluding ortho intramolecular Hbond substituents is 1. The minimum Gasteiger partial charge on any atom is -0.512 e. The zero-order valence-corrected chi connectivity index (χ0v) is 25.5. The number of phenols is 1. The monoisotopic (exact) mass is 603 g/mol. The minimum absolute atomic E-state index is 0.103. The smallest absolute Gasteiger partial charge is 0.128 e. The number of likely N-dealkylation sites (tertiary alicyclic amines) is 1. The maximum atomic E-state index is 14.0. The van der Waals surface area contributed by atoms with Crippen LogP contribution in [0, 0.1) is 18.7 Å². The van der Waals surface area contributed by atoms with Crippen molar-refractivity contribution in [2.45, 2.75) is 45.7 Å². The van der Waals surface area contributed by atoms with Gasteiger partial charge in [0, 0.05) is 24.6 Å². The number of allylic oxidation sites excluding steroid dienone is 4. The Morgan fingerprint density at radius 2 is 1.86 bits per heavy atom. The van der Waals surface area contributed by atoms with E-state index < -0.39 is 0 Å². The second-order valence-corrected chi connectivity index (χ2v) is 11.7. The molecule has 0 saturated carbocycles. The molecule has 226 valence electrons. The molecular formula is C35H39ClFN3O3. The average Bonchev–Trinajstić information content (AvgIpc) is 3.33. The quantitative estimate of drug-likeness (QED) is 0.137. The van der Waals surface area contributed by atoms with Gasteiger partial charge in [-0.25, -0.2) is 9.37 Å². The number of benzene rings is 3. The van der Waals surface area contributed by atoms with Crippen molar-refractivity contribution in [2.24, 2.45) is 5.92 Å². The van der Waals surface area contributed by atoms with E-state index in [1.54, 1.807) is 37.5 Å². The molecule has 2 N–H and O–H groups in total. The van der Waals surface area contributed by atoms with Crippen LogP contribution in [0.15, 0.2) is 78.6 Å². The van der Waals surface area contributed by atoms with E-state index in [4.69, 9.17) is 21.3 Å². The molecule has 0 radical (unpaired) electrons. The summed E-state index contributed by atoms with van der Waals surface area (Å²) in [4.78, 5) is 7.45. The van der Waals surface area contributed by atoms with E-state index >= 15 is 0 Å². The predicted molar refractivity (Wildman–Crippen MR) is 170 cm³/mol. The van der Waals surface area contributed by atoms with Gasteiger partial charge in [0.15, 0.2) is 0 Å². The van der Waals surface area contributed by atoms with Crippen LogP contribution in [0.1, 0.15) is 40.9 Å². The molecule has 0 unspecified atom stereocenters. The van der Waals surface area contributed by atoms with Crippen LogP contribution >= 0.6 is 11.6 Å². The Balaban J connectivity index is 1.21. The third-order valence-corrected chi connectivity index (χ3v) is 8.44. The van der Waals surface area contributed by atoms with Crippen molar-refractivity contribution in [3.8, 4) is 5.75 Å². The van der Waals surface area contributed by atoms with Crippen LogP contribution in [-0.4, -0.2) is 51.5 Å². The molecule has 43 heavy (non-hydrogen) atoms. The summed E-state index contributed by atoms with van der Waals surface area (Å²) in [5, 5.41) is 20.9. The van der Waals surface area contributed by atoms with Crippen molar-refractivity contribution in [1.82, 2.24) is 14.5 Å². The van der Waals surface area contributed by atoms with Gasteiger partial charge in [0.25, 0.3) is 0 Å². The number of nitrogens with zero attached hydrogens (tertiary/aromatic N) is 3. The molecule has 0 atom stereocenters. The molecule has 2 heterocycles. The summed E-state index contributed by atoms with van der Waals surface area (Å²) in [5.74, 6) is 1.48. The molecule has 0 bridgehead atoms. The number of halogens is 2. The van der Waals surface area contributed by atoms with Gasteiger partial charge in [0.2, 0.25) is 0 Å². The van der Waals surface area contributed by atoms with Gasteiger partial charge in [0.05, 0.1) is 29.9 Å². The number of aromatic hydroxyl groups is 1. The lowest BCUT2D eigenvalue weighted by atomic mass is 9.94. The minimum atomic E-state index is -0.321. The summed E-state index contributed by atoms with van der Waals surface area (Å²) in [6, 6.07) is 16.9. The Morgan fingerprint density at radius 3 is 2.60 bits per heavy atom. The van der Waals surface area contributed by atoms with E-state index in [9.17, 15) is 14.6 Å². The fraction of sp³-hybridized carbons (Fsp3) is 0.343. The molecule has 1 fully saturated rings. The first-order valence-corrected chi connectivity index (χ1v) is 15.2. The summed E-state index contributed by atoms with van der Waals surface area (Å²) in [5.41, 5.74) is 5.84. The number of fused-ring (bicyclic) bond motifs is 1. The van der Waals surface area contributed by atoms with Crippen LogP contribution in [0.3, 0.4) is 0 Å². The number of hydrogen-bond donors (Lipinski definition) is 2. The van der Waals surface area contributed by atoms with Crippen LogP contribution in [0.5, 0.6) is 5.75 Å². The van der Waals surface area contributed by atoms with E-state index in [0.717, 1.165) is 73.4 Å². The van der Waals surface area contributed by atoms with Gasteiger partial charge in [0.1, 0.15) is 17.4 Å². The third-order valence-electron chi connectivity index (χ3n) is 8.21. The Morgan fingerprint density at radius 1 is 1.09 bits per heavy atom. The van der Waals surface area contributed by atoms with Crippen molar-refractivity contribution in [2.75, 3.05) is 26.8 Å². The van der Waals surface area contributed by atoms with Crippen molar-refractivity contribution >= 4 is 22.6 Å². The molecular weight excluding hydrogens is 565 g/mol. The van der Waals surface area contributed by atoms with Crippen LogP contribution in [-0.2, 0) is 30.7 Å². The lowest BCUT2D eigenvalue weighted by Crippen LogP contribution is -2.34. The maximum Gasteiger partial charge on any atom is 0.128 e. The van der Waals surface area contributed by atoms with Crippen molar-refractivity contribution in [1.29, 1.82) is 0 Å². The summed E-state index contributed by atoms with van der Waals surface area (Å²) >= 11 is 5.83. The van der Waals surface area contributed by atoms with Gasteiger partial charge in [-0.15, -0.1) is 0 Å². The number of imidazole rings is 1. The second kappa shape index (κ2) is 14.2. The van der Waals surface area contributed by atoms with Crippen LogP contribution in [0.4, 0.5) is 4.39 Å².